The molecule has 0 spiro atoms. The summed E-state index contributed by atoms with van der Waals surface area (Å²) >= 11 is 0. The molecule has 0 fully saturated rings. The lowest BCUT2D eigenvalue weighted by Crippen LogP contribution is -2.30. The number of aromatic nitrogens is 1. The Morgan fingerprint density at radius 1 is 1.19 bits per heavy atom. The highest BCUT2D eigenvalue weighted by Gasteiger charge is 2.16. The molecule has 0 amide bonds. The minimum Gasteiger partial charge on any atom is -0.356 e. The lowest BCUT2D eigenvalue weighted by Gasteiger charge is -2.27. The molecule has 1 aromatic carbocycles. The number of nitrogens with zero attached hydrogens (tertiary/aromatic N) is 2. The number of para-hydroxylation sites is 1. The number of hydrogen-bond acceptors (Lipinski definition) is 3. The average Bonchev–Trinajstić information content (AvgIpc) is 2.55. The van der Waals surface area contributed by atoms with Gasteiger partial charge in [-0.05, 0) is 25.0 Å². The van der Waals surface area contributed by atoms with Crippen LogP contribution < -0.4 is 4.90 Å². The first-order chi connectivity index (χ1) is 10.2. The van der Waals surface area contributed by atoms with Crippen molar-refractivity contribution in [3.63, 3.8) is 0 Å². The molecule has 1 aromatic heterocycles. The number of pyridine rings is 1. The Kier molecular flexibility index (Phi) is 5.32. The van der Waals surface area contributed by atoms with Gasteiger partial charge in [0, 0.05) is 18.5 Å². The van der Waals surface area contributed by atoms with E-state index in [9.17, 15) is 4.79 Å². The Hall–Kier alpha value is -1.90. The predicted molar refractivity (Wildman–Crippen MR) is 89.1 cm³/mol. The Labute approximate surface area is 127 Å². The molecule has 0 saturated heterocycles. The molecule has 0 aliphatic heterocycles. The van der Waals surface area contributed by atoms with Crippen LogP contribution in [0.25, 0.3) is 10.9 Å². The first-order valence-electron chi connectivity index (χ1n) is 7.83. The number of rotatable bonds is 7. The number of carbonyl (C=O) groups excluding carboxylic acids is 1. The molecule has 2 aromatic rings. The van der Waals surface area contributed by atoms with Gasteiger partial charge in [0.2, 0.25) is 0 Å². The van der Waals surface area contributed by atoms with E-state index in [1.807, 2.05) is 30.3 Å². The van der Waals surface area contributed by atoms with Gasteiger partial charge in [-0.15, -0.1) is 0 Å². The van der Waals surface area contributed by atoms with Gasteiger partial charge in [-0.2, -0.15) is 0 Å². The highest BCUT2D eigenvalue weighted by atomic mass is 16.1. The van der Waals surface area contributed by atoms with Crippen LogP contribution in [-0.4, -0.2) is 24.4 Å². The normalized spacial score (nSPS) is 11.0. The maximum Gasteiger partial charge on any atom is 0.153 e. The zero-order valence-electron chi connectivity index (χ0n) is 13.2. The molecule has 21 heavy (non-hydrogen) atoms. The van der Waals surface area contributed by atoms with Gasteiger partial charge in [-0.3, -0.25) is 4.79 Å². The van der Waals surface area contributed by atoms with Crippen molar-refractivity contribution in [3.8, 4) is 0 Å². The molecular weight excluding hydrogens is 260 g/mol. The monoisotopic (exact) mass is 284 g/mol. The molecule has 1 heterocycles. The number of hydrogen-bond donors (Lipinski definition) is 0. The van der Waals surface area contributed by atoms with Gasteiger partial charge in [-0.1, -0.05) is 44.9 Å². The van der Waals surface area contributed by atoms with Gasteiger partial charge in [0.05, 0.1) is 11.1 Å². The molecule has 2 rings (SSSR count). The lowest BCUT2D eigenvalue weighted by molar-refractivity contribution is 0.112. The smallest absolute Gasteiger partial charge is 0.153 e. The molecule has 0 aliphatic carbocycles. The van der Waals surface area contributed by atoms with Crippen molar-refractivity contribution in [1.29, 1.82) is 0 Å². The van der Waals surface area contributed by atoms with Crippen molar-refractivity contribution in [2.45, 2.75) is 33.6 Å². The van der Waals surface area contributed by atoms with Crippen LogP contribution in [-0.2, 0) is 0 Å². The molecule has 0 saturated carbocycles. The highest BCUT2D eigenvalue weighted by Crippen LogP contribution is 2.24. The van der Waals surface area contributed by atoms with Gasteiger partial charge in [-0.25, -0.2) is 4.98 Å². The average molecular weight is 284 g/mol. The number of aldehydes is 1. The van der Waals surface area contributed by atoms with Crippen LogP contribution in [0.1, 0.15) is 44.0 Å². The minimum absolute atomic E-state index is 0.637. The number of benzene rings is 1. The molecule has 0 atom stereocenters. The van der Waals surface area contributed by atoms with Gasteiger partial charge in [0.25, 0.3) is 0 Å². The SMILES string of the molecule is CCC(CC)CN(CC)c1nc2ccccc2cc1C=O. The maximum atomic E-state index is 11.4. The summed E-state index contributed by atoms with van der Waals surface area (Å²) < 4.78 is 0. The Morgan fingerprint density at radius 3 is 2.52 bits per heavy atom. The Balaban J connectivity index is 2.43. The summed E-state index contributed by atoms with van der Waals surface area (Å²) in [6.45, 7) is 8.37. The second-order valence-corrected chi connectivity index (χ2v) is 5.43. The van der Waals surface area contributed by atoms with E-state index < -0.39 is 0 Å². The maximum absolute atomic E-state index is 11.4. The van der Waals surface area contributed by atoms with Gasteiger partial charge < -0.3 is 4.90 Å². The molecule has 0 bridgehead atoms. The topological polar surface area (TPSA) is 33.2 Å². The quantitative estimate of drug-likeness (QED) is 0.710. The van der Waals surface area contributed by atoms with Gasteiger partial charge >= 0.3 is 0 Å². The third kappa shape index (κ3) is 3.41. The lowest BCUT2D eigenvalue weighted by atomic mass is 10.0. The van der Waals surface area contributed by atoms with E-state index in [4.69, 9.17) is 4.98 Å². The summed E-state index contributed by atoms with van der Waals surface area (Å²) in [7, 11) is 0. The summed E-state index contributed by atoms with van der Waals surface area (Å²) in [5.74, 6) is 1.45. The van der Waals surface area contributed by atoms with Gasteiger partial charge in [0.15, 0.2) is 6.29 Å². The van der Waals surface area contributed by atoms with Crippen molar-refractivity contribution in [3.05, 3.63) is 35.9 Å². The van der Waals surface area contributed by atoms with Crippen molar-refractivity contribution in [1.82, 2.24) is 4.98 Å². The molecule has 112 valence electrons. The largest absolute Gasteiger partial charge is 0.356 e. The highest BCUT2D eigenvalue weighted by molar-refractivity contribution is 5.91. The number of carbonyl (C=O) groups is 1. The zero-order valence-corrected chi connectivity index (χ0v) is 13.2. The summed E-state index contributed by atoms with van der Waals surface area (Å²) in [5, 5.41) is 1.02. The molecule has 0 unspecified atom stereocenters. The second kappa shape index (κ2) is 7.21. The minimum atomic E-state index is 0.637. The van der Waals surface area contributed by atoms with Crippen molar-refractivity contribution in [2.75, 3.05) is 18.0 Å². The first kappa shape index (κ1) is 15.5. The van der Waals surface area contributed by atoms with E-state index in [2.05, 4.69) is 25.7 Å². The Morgan fingerprint density at radius 2 is 1.90 bits per heavy atom. The zero-order chi connectivity index (χ0) is 15.2. The van der Waals surface area contributed by atoms with E-state index in [-0.39, 0.29) is 0 Å². The fourth-order valence-corrected chi connectivity index (χ4v) is 2.69. The van der Waals surface area contributed by atoms with Crippen LogP contribution in [0, 0.1) is 5.92 Å². The van der Waals surface area contributed by atoms with Gasteiger partial charge in [0.1, 0.15) is 5.82 Å². The molecule has 0 N–H and O–H groups in total. The molecule has 0 aliphatic rings. The van der Waals surface area contributed by atoms with Crippen LogP contribution in [0.2, 0.25) is 0 Å². The third-order valence-electron chi connectivity index (χ3n) is 4.17. The van der Waals surface area contributed by atoms with E-state index in [1.54, 1.807) is 0 Å². The van der Waals surface area contributed by atoms with Crippen LogP contribution in [0.5, 0.6) is 0 Å². The third-order valence-corrected chi connectivity index (χ3v) is 4.17. The summed E-state index contributed by atoms with van der Waals surface area (Å²) in [4.78, 5) is 18.4. The van der Waals surface area contributed by atoms with Crippen molar-refractivity contribution in [2.24, 2.45) is 5.92 Å². The predicted octanol–water partition coefficient (Wildman–Crippen LogP) is 4.31. The standard InChI is InChI=1S/C18H24N2O/c1-4-14(5-2)12-20(6-3)18-16(13-21)11-15-9-7-8-10-17(15)19-18/h7-11,13-14H,4-6,12H2,1-3H3. The second-order valence-electron chi connectivity index (χ2n) is 5.43. The van der Waals surface area contributed by atoms with Crippen LogP contribution in [0.4, 0.5) is 5.82 Å². The van der Waals surface area contributed by atoms with E-state index in [0.717, 1.165) is 48.9 Å². The van der Waals surface area contributed by atoms with Crippen molar-refractivity contribution < 1.29 is 4.79 Å². The van der Waals surface area contributed by atoms with Crippen LogP contribution in [0.15, 0.2) is 30.3 Å². The van der Waals surface area contributed by atoms with Crippen LogP contribution >= 0.6 is 0 Å². The van der Waals surface area contributed by atoms with Crippen LogP contribution in [0.3, 0.4) is 0 Å². The summed E-state index contributed by atoms with van der Waals surface area (Å²) in [5.41, 5.74) is 1.63. The molecule has 3 heteroatoms. The summed E-state index contributed by atoms with van der Waals surface area (Å²) in [6, 6.07) is 9.89. The fourth-order valence-electron chi connectivity index (χ4n) is 2.69. The molecular formula is C18H24N2O. The molecule has 3 nitrogen and oxygen atoms in total. The fraction of sp³-hybridized carbons (Fsp3) is 0.444. The van der Waals surface area contributed by atoms with E-state index in [1.165, 1.54) is 0 Å². The van der Waals surface area contributed by atoms with E-state index >= 15 is 0 Å². The Bertz CT molecular complexity index is 605. The van der Waals surface area contributed by atoms with E-state index in [0.29, 0.717) is 11.5 Å². The number of fused-ring (bicyclic) bond motifs is 1. The van der Waals surface area contributed by atoms with Crippen molar-refractivity contribution >= 4 is 23.0 Å². The summed E-state index contributed by atoms with van der Waals surface area (Å²) in [6.07, 6.45) is 3.22. The molecule has 0 radical (unpaired) electrons. The first-order valence-corrected chi connectivity index (χ1v) is 7.83. The number of anilines is 1.